The maximum atomic E-state index is 13.1. The first-order valence-corrected chi connectivity index (χ1v) is 9.45. The first kappa shape index (κ1) is 16.5. The van der Waals surface area contributed by atoms with Crippen molar-refractivity contribution in [2.45, 2.75) is 19.9 Å². The molecule has 124 valence electrons. The highest BCUT2D eigenvalue weighted by molar-refractivity contribution is 7.94. The average molecular weight is 341 g/mol. The number of carbonyl (C=O) groups is 1. The summed E-state index contributed by atoms with van der Waals surface area (Å²) in [6.07, 6.45) is 1.59. The van der Waals surface area contributed by atoms with Gasteiger partial charge in [0.2, 0.25) is 0 Å². The number of amides is 1. The van der Waals surface area contributed by atoms with E-state index in [0.717, 1.165) is 11.1 Å². The Hall–Kier alpha value is -2.40. The number of aryl methyl sites for hydroxylation is 2. The Kier molecular flexibility index (Phi) is 4.28. The summed E-state index contributed by atoms with van der Waals surface area (Å²) in [5.74, 6) is -0.285. The third kappa shape index (κ3) is 3.41. The van der Waals surface area contributed by atoms with Crippen molar-refractivity contribution >= 4 is 21.4 Å². The van der Waals surface area contributed by atoms with Crippen LogP contribution in [0.3, 0.4) is 0 Å². The maximum absolute atomic E-state index is 13.1. The Balaban J connectivity index is 2.03. The lowest BCUT2D eigenvalue weighted by Gasteiger charge is -2.28. The molecule has 0 radical (unpaired) electrons. The number of carbonyl (C=O) groups excluding carboxylic acids is 1. The Labute approximate surface area is 142 Å². The summed E-state index contributed by atoms with van der Waals surface area (Å²) in [5, 5.41) is 1.20. The Morgan fingerprint density at radius 3 is 2.33 bits per heavy atom. The van der Waals surface area contributed by atoms with Gasteiger partial charge in [-0.2, -0.15) is 0 Å². The topological polar surface area (TPSA) is 54.5 Å². The predicted molar refractivity (Wildman–Crippen MR) is 95.9 cm³/mol. The van der Waals surface area contributed by atoms with Crippen LogP contribution in [0.15, 0.2) is 60.0 Å². The lowest BCUT2D eigenvalue weighted by Crippen LogP contribution is -2.41. The summed E-state index contributed by atoms with van der Waals surface area (Å²) >= 11 is 0. The summed E-state index contributed by atoms with van der Waals surface area (Å²) in [7, 11) is -3.25. The molecule has 5 heteroatoms. The van der Waals surface area contributed by atoms with Crippen LogP contribution in [0.5, 0.6) is 0 Å². The Morgan fingerprint density at radius 1 is 1.04 bits per heavy atom. The molecular formula is C19H19NO3S. The van der Waals surface area contributed by atoms with Crippen molar-refractivity contribution in [3.05, 3.63) is 76.7 Å². The van der Waals surface area contributed by atoms with Gasteiger partial charge in [-0.15, -0.1) is 0 Å². The van der Waals surface area contributed by atoms with Crippen molar-refractivity contribution in [3.63, 3.8) is 0 Å². The van der Waals surface area contributed by atoms with E-state index < -0.39 is 15.9 Å². The van der Waals surface area contributed by atoms with Crippen molar-refractivity contribution in [1.82, 2.24) is 0 Å². The van der Waals surface area contributed by atoms with E-state index in [-0.39, 0.29) is 11.7 Å². The number of nitrogens with zero attached hydrogens (tertiary/aromatic N) is 1. The van der Waals surface area contributed by atoms with Crippen LogP contribution in [0, 0.1) is 13.8 Å². The molecule has 0 aromatic heterocycles. The van der Waals surface area contributed by atoms with Gasteiger partial charge in [-0.1, -0.05) is 35.4 Å². The van der Waals surface area contributed by atoms with E-state index in [1.165, 1.54) is 5.41 Å². The number of hydrogen-bond donors (Lipinski definition) is 0. The second-order valence-corrected chi connectivity index (χ2v) is 8.04. The normalized spacial score (nSPS) is 18.5. The largest absolute Gasteiger partial charge is 0.300 e. The summed E-state index contributed by atoms with van der Waals surface area (Å²) < 4.78 is 23.6. The molecular weight excluding hydrogens is 322 g/mol. The van der Waals surface area contributed by atoms with Crippen molar-refractivity contribution in [2.24, 2.45) is 0 Å². The van der Waals surface area contributed by atoms with Crippen LogP contribution in [0.1, 0.15) is 21.5 Å². The van der Waals surface area contributed by atoms with Gasteiger partial charge in [0.05, 0.1) is 11.8 Å². The maximum Gasteiger partial charge on any atom is 0.258 e. The van der Waals surface area contributed by atoms with Gasteiger partial charge in [-0.3, -0.25) is 4.79 Å². The Morgan fingerprint density at radius 2 is 1.75 bits per heavy atom. The van der Waals surface area contributed by atoms with E-state index in [9.17, 15) is 13.2 Å². The molecule has 0 fully saturated rings. The molecule has 1 amide bonds. The van der Waals surface area contributed by atoms with Crippen LogP contribution < -0.4 is 4.90 Å². The molecule has 0 spiro atoms. The van der Waals surface area contributed by atoms with Crippen molar-refractivity contribution < 1.29 is 13.2 Å². The van der Waals surface area contributed by atoms with Gasteiger partial charge in [0.1, 0.15) is 0 Å². The SMILES string of the molecule is Cc1ccc(N(C(=O)c2cccc(C)c2)[C@H]2C=CS(=O)(=O)C2)cc1. The lowest BCUT2D eigenvalue weighted by atomic mass is 10.1. The zero-order valence-electron chi connectivity index (χ0n) is 13.6. The molecule has 1 atom stereocenters. The Bertz CT molecular complexity index is 898. The number of hydrogen-bond acceptors (Lipinski definition) is 3. The molecule has 1 heterocycles. The zero-order chi connectivity index (χ0) is 17.3. The van der Waals surface area contributed by atoms with Gasteiger partial charge in [-0.05, 0) is 44.2 Å². The first-order chi connectivity index (χ1) is 11.4. The van der Waals surface area contributed by atoms with Gasteiger partial charge < -0.3 is 4.90 Å². The molecule has 2 aromatic rings. The van der Waals surface area contributed by atoms with Gasteiger partial charge in [0.25, 0.3) is 5.91 Å². The third-order valence-corrected chi connectivity index (χ3v) is 5.42. The molecule has 4 nitrogen and oxygen atoms in total. The number of rotatable bonds is 3. The van der Waals surface area contributed by atoms with Gasteiger partial charge >= 0.3 is 0 Å². The summed E-state index contributed by atoms with van der Waals surface area (Å²) in [6.45, 7) is 3.89. The number of anilines is 1. The van der Waals surface area contributed by atoms with Crippen LogP contribution in [0.2, 0.25) is 0 Å². The van der Waals surface area contributed by atoms with E-state index in [4.69, 9.17) is 0 Å². The van der Waals surface area contributed by atoms with Crippen LogP contribution in [0.4, 0.5) is 5.69 Å². The molecule has 0 unspecified atom stereocenters. The highest BCUT2D eigenvalue weighted by Crippen LogP contribution is 2.25. The average Bonchev–Trinajstić information content (AvgIpc) is 2.89. The van der Waals surface area contributed by atoms with Crippen LogP contribution in [-0.2, 0) is 9.84 Å². The second kappa shape index (κ2) is 6.24. The molecule has 0 saturated carbocycles. The van der Waals surface area contributed by atoms with E-state index in [1.54, 1.807) is 17.0 Å². The molecule has 1 aliphatic rings. The van der Waals surface area contributed by atoms with E-state index in [2.05, 4.69) is 0 Å². The molecule has 1 aliphatic heterocycles. The minimum absolute atomic E-state index is 0.0849. The molecule has 0 N–H and O–H groups in total. The first-order valence-electron chi connectivity index (χ1n) is 7.73. The standard InChI is InChI=1S/C19H19NO3S/c1-14-6-8-17(9-7-14)20(18-10-11-24(22,23)13-18)19(21)16-5-3-4-15(2)12-16/h3-12,18H,13H2,1-2H3/t18-/m0/s1. The summed E-state index contributed by atoms with van der Waals surface area (Å²) in [5.41, 5.74) is 3.31. The van der Waals surface area contributed by atoms with Crippen LogP contribution in [0.25, 0.3) is 0 Å². The lowest BCUT2D eigenvalue weighted by molar-refractivity contribution is 0.0983. The van der Waals surface area contributed by atoms with Crippen LogP contribution in [-0.4, -0.2) is 26.1 Å². The fourth-order valence-corrected chi connectivity index (χ4v) is 4.07. The van der Waals surface area contributed by atoms with Gasteiger partial charge in [-0.25, -0.2) is 8.42 Å². The molecule has 0 aliphatic carbocycles. The van der Waals surface area contributed by atoms with Gasteiger partial charge in [0, 0.05) is 16.7 Å². The monoisotopic (exact) mass is 341 g/mol. The molecule has 2 aromatic carbocycles. The molecule has 0 bridgehead atoms. The second-order valence-electron chi connectivity index (χ2n) is 6.11. The van der Waals surface area contributed by atoms with Crippen molar-refractivity contribution in [1.29, 1.82) is 0 Å². The molecule has 3 rings (SSSR count). The predicted octanol–water partition coefficient (Wildman–Crippen LogP) is 3.26. The van der Waals surface area contributed by atoms with Crippen molar-refractivity contribution in [3.8, 4) is 0 Å². The molecule has 0 saturated heterocycles. The number of benzene rings is 2. The van der Waals surface area contributed by atoms with Crippen LogP contribution >= 0.6 is 0 Å². The highest BCUT2D eigenvalue weighted by Gasteiger charge is 2.31. The summed E-state index contributed by atoms with van der Waals surface area (Å²) in [4.78, 5) is 14.6. The number of sulfone groups is 1. The molecule has 24 heavy (non-hydrogen) atoms. The van der Waals surface area contributed by atoms with E-state index >= 15 is 0 Å². The fourth-order valence-electron chi connectivity index (χ4n) is 2.80. The third-order valence-electron chi connectivity index (χ3n) is 4.04. The zero-order valence-corrected chi connectivity index (χ0v) is 14.5. The van der Waals surface area contributed by atoms with Crippen molar-refractivity contribution in [2.75, 3.05) is 10.7 Å². The van der Waals surface area contributed by atoms with E-state index in [1.807, 2.05) is 56.3 Å². The quantitative estimate of drug-likeness (QED) is 0.861. The van der Waals surface area contributed by atoms with Gasteiger partial charge in [0.15, 0.2) is 9.84 Å². The summed E-state index contributed by atoms with van der Waals surface area (Å²) in [6, 6.07) is 14.4. The smallest absolute Gasteiger partial charge is 0.258 e. The van der Waals surface area contributed by atoms with E-state index in [0.29, 0.717) is 11.3 Å². The minimum Gasteiger partial charge on any atom is -0.300 e. The fraction of sp³-hybridized carbons (Fsp3) is 0.211. The highest BCUT2D eigenvalue weighted by atomic mass is 32.2. The minimum atomic E-state index is -3.25.